The molecule has 1 heterocycles. The molecule has 4 heteroatoms. The maximum atomic E-state index is 11.8. The normalized spacial score (nSPS) is 24.1. The second kappa shape index (κ2) is 6.86. The van der Waals surface area contributed by atoms with Gasteiger partial charge in [-0.05, 0) is 32.7 Å². The first-order chi connectivity index (χ1) is 7.70. The molecule has 0 spiro atoms. The summed E-state index contributed by atoms with van der Waals surface area (Å²) >= 11 is 0. The Hall–Kier alpha value is -0.610. The average molecular weight is 228 g/mol. The number of nitrogens with one attached hydrogen (secondary N) is 1. The number of piperidine rings is 1. The first-order valence-corrected chi connectivity index (χ1v) is 6.35. The second-order valence-electron chi connectivity index (χ2n) is 4.54. The van der Waals surface area contributed by atoms with E-state index in [0.29, 0.717) is 0 Å². The topological polar surface area (TPSA) is 52.6 Å². The fourth-order valence-corrected chi connectivity index (χ4v) is 2.28. The molecule has 1 aliphatic heterocycles. The van der Waals surface area contributed by atoms with E-state index in [0.717, 1.165) is 38.8 Å². The molecule has 0 aliphatic carbocycles. The lowest BCUT2D eigenvalue weighted by molar-refractivity contribution is -0.127. The molecule has 0 aromatic heterocycles. The van der Waals surface area contributed by atoms with Crippen LogP contribution in [0.1, 0.15) is 39.5 Å². The van der Waals surface area contributed by atoms with Gasteiger partial charge in [0, 0.05) is 12.6 Å². The van der Waals surface area contributed by atoms with Crippen LogP contribution in [-0.4, -0.2) is 47.7 Å². The van der Waals surface area contributed by atoms with Crippen molar-refractivity contribution in [1.29, 1.82) is 0 Å². The Bertz CT molecular complexity index is 221. The van der Waals surface area contributed by atoms with Crippen molar-refractivity contribution in [3.8, 4) is 0 Å². The Morgan fingerprint density at radius 3 is 2.94 bits per heavy atom. The van der Waals surface area contributed by atoms with Crippen molar-refractivity contribution in [3.05, 3.63) is 0 Å². The Labute approximate surface area is 98.0 Å². The van der Waals surface area contributed by atoms with Gasteiger partial charge in [-0.1, -0.05) is 13.3 Å². The van der Waals surface area contributed by atoms with Crippen molar-refractivity contribution in [1.82, 2.24) is 10.2 Å². The number of rotatable bonds is 5. The van der Waals surface area contributed by atoms with Crippen LogP contribution >= 0.6 is 0 Å². The summed E-state index contributed by atoms with van der Waals surface area (Å²) in [6, 6.07) is 0.0418. The Balaban J connectivity index is 2.49. The molecule has 4 nitrogen and oxygen atoms in total. The molecule has 1 rings (SSSR count). The fourth-order valence-electron chi connectivity index (χ4n) is 2.28. The van der Waals surface area contributed by atoms with E-state index in [1.165, 1.54) is 0 Å². The van der Waals surface area contributed by atoms with Gasteiger partial charge in [0.1, 0.15) is 0 Å². The zero-order chi connectivity index (χ0) is 12.0. The van der Waals surface area contributed by atoms with Crippen molar-refractivity contribution in [3.63, 3.8) is 0 Å². The molecule has 1 aliphatic rings. The first kappa shape index (κ1) is 13.5. The number of hydrogen-bond donors (Lipinski definition) is 2. The van der Waals surface area contributed by atoms with Gasteiger partial charge in [0.25, 0.3) is 0 Å². The minimum Gasteiger partial charge on any atom is -0.395 e. The minimum absolute atomic E-state index is 0.0854. The summed E-state index contributed by atoms with van der Waals surface area (Å²) in [7, 11) is 0. The highest BCUT2D eigenvalue weighted by atomic mass is 16.3. The maximum absolute atomic E-state index is 11.8. The summed E-state index contributed by atoms with van der Waals surface area (Å²) < 4.78 is 0. The maximum Gasteiger partial charge on any atom is 0.237 e. The van der Waals surface area contributed by atoms with Crippen LogP contribution in [0.15, 0.2) is 0 Å². The van der Waals surface area contributed by atoms with Crippen molar-refractivity contribution in [2.75, 3.05) is 19.7 Å². The molecule has 2 atom stereocenters. The summed E-state index contributed by atoms with van der Waals surface area (Å²) in [5, 5.41) is 12.2. The van der Waals surface area contributed by atoms with Gasteiger partial charge < -0.3 is 10.4 Å². The monoisotopic (exact) mass is 228 g/mol. The first-order valence-electron chi connectivity index (χ1n) is 6.35. The average Bonchev–Trinajstić information content (AvgIpc) is 2.34. The molecule has 1 amide bonds. The van der Waals surface area contributed by atoms with E-state index >= 15 is 0 Å². The van der Waals surface area contributed by atoms with Crippen LogP contribution < -0.4 is 5.32 Å². The van der Waals surface area contributed by atoms with Crippen LogP contribution in [0.4, 0.5) is 0 Å². The predicted molar refractivity (Wildman–Crippen MR) is 64.2 cm³/mol. The molecule has 0 aromatic carbocycles. The van der Waals surface area contributed by atoms with E-state index in [-0.39, 0.29) is 24.6 Å². The third-order valence-corrected chi connectivity index (χ3v) is 3.31. The van der Waals surface area contributed by atoms with Crippen LogP contribution in [0.5, 0.6) is 0 Å². The van der Waals surface area contributed by atoms with Crippen LogP contribution in [-0.2, 0) is 4.79 Å². The number of aliphatic hydroxyl groups is 1. The number of amides is 1. The fraction of sp³-hybridized carbons (Fsp3) is 0.917. The summed E-state index contributed by atoms with van der Waals surface area (Å²) in [6.45, 7) is 5.79. The van der Waals surface area contributed by atoms with E-state index in [9.17, 15) is 9.90 Å². The summed E-state index contributed by atoms with van der Waals surface area (Å²) in [5.74, 6) is 0.0854. The predicted octanol–water partition coefficient (Wildman–Crippen LogP) is 0.748. The van der Waals surface area contributed by atoms with E-state index in [2.05, 4.69) is 10.2 Å². The highest BCUT2D eigenvalue weighted by Gasteiger charge is 2.29. The molecule has 2 unspecified atom stereocenters. The third kappa shape index (κ3) is 3.46. The van der Waals surface area contributed by atoms with Crippen molar-refractivity contribution in [2.45, 2.75) is 51.6 Å². The van der Waals surface area contributed by atoms with Crippen LogP contribution in [0.3, 0.4) is 0 Å². The van der Waals surface area contributed by atoms with Crippen molar-refractivity contribution < 1.29 is 9.90 Å². The zero-order valence-corrected chi connectivity index (χ0v) is 10.4. The van der Waals surface area contributed by atoms with Gasteiger partial charge in [-0.15, -0.1) is 0 Å². The quantitative estimate of drug-likeness (QED) is 0.730. The number of aliphatic hydroxyl groups excluding tert-OH is 1. The van der Waals surface area contributed by atoms with Gasteiger partial charge >= 0.3 is 0 Å². The standard InChI is InChI=1S/C12H24N2O2/c1-3-7-13-12(16)10(2)14-8-5-4-6-11(14)9-15/h10-11,15H,3-9H2,1-2H3,(H,13,16). The molecular formula is C12H24N2O2. The zero-order valence-electron chi connectivity index (χ0n) is 10.4. The molecule has 0 bridgehead atoms. The van der Waals surface area contributed by atoms with Gasteiger partial charge in [-0.3, -0.25) is 9.69 Å². The second-order valence-corrected chi connectivity index (χ2v) is 4.54. The van der Waals surface area contributed by atoms with Crippen LogP contribution in [0.2, 0.25) is 0 Å². The lowest BCUT2D eigenvalue weighted by Gasteiger charge is -2.38. The molecule has 0 radical (unpaired) electrons. The molecule has 2 N–H and O–H groups in total. The highest BCUT2D eigenvalue weighted by Crippen LogP contribution is 2.19. The van der Waals surface area contributed by atoms with E-state index in [1.807, 2.05) is 13.8 Å². The minimum atomic E-state index is -0.121. The van der Waals surface area contributed by atoms with E-state index in [1.54, 1.807) is 0 Å². The largest absolute Gasteiger partial charge is 0.395 e. The molecule has 0 aromatic rings. The van der Waals surface area contributed by atoms with E-state index in [4.69, 9.17) is 0 Å². The molecule has 1 saturated heterocycles. The van der Waals surface area contributed by atoms with Crippen molar-refractivity contribution in [2.24, 2.45) is 0 Å². The summed E-state index contributed by atoms with van der Waals surface area (Å²) in [6.07, 6.45) is 4.25. The Kier molecular flexibility index (Phi) is 5.77. The number of likely N-dealkylation sites (tertiary alicyclic amines) is 1. The summed E-state index contributed by atoms with van der Waals surface area (Å²) in [4.78, 5) is 14.0. The lowest BCUT2D eigenvalue weighted by atomic mass is 10.0. The Morgan fingerprint density at radius 2 is 2.31 bits per heavy atom. The molecule has 0 saturated carbocycles. The lowest BCUT2D eigenvalue weighted by Crippen LogP contribution is -2.52. The number of hydrogen-bond acceptors (Lipinski definition) is 3. The van der Waals surface area contributed by atoms with Crippen molar-refractivity contribution >= 4 is 5.91 Å². The van der Waals surface area contributed by atoms with Gasteiger partial charge in [0.15, 0.2) is 0 Å². The molecule has 1 fully saturated rings. The number of carbonyl (C=O) groups excluding carboxylic acids is 1. The number of carbonyl (C=O) groups is 1. The van der Waals surface area contributed by atoms with Gasteiger partial charge in [0.05, 0.1) is 12.6 Å². The molecule has 94 valence electrons. The van der Waals surface area contributed by atoms with Gasteiger partial charge in [-0.25, -0.2) is 0 Å². The summed E-state index contributed by atoms with van der Waals surface area (Å²) in [5.41, 5.74) is 0. The Morgan fingerprint density at radius 1 is 1.56 bits per heavy atom. The van der Waals surface area contributed by atoms with Crippen LogP contribution in [0, 0.1) is 0 Å². The van der Waals surface area contributed by atoms with E-state index < -0.39 is 0 Å². The third-order valence-electron chi connectivity index (χ3n) is 3.31. The number of nitrogens with zero attached hydrogens (tertiary/aromatic N) is 1. The van der Waals surface area contributed by atoms with Gasteiger partial charge in [0.2, 0.25) is 5.91 Å². The highest BCUT2D eigenvalue weighted by molar-refractivity contribution is 5.81. The smallest absolute Gasteiger partial charge is 0.237 e. The van der Waals surface area contributed by atoms with Gasteiger partial charge in [-0.2, -0.15) is 0 Å². The van der Waals surface area contributed by atoms with Crippen LogP contribution in [0.25, 0.3) is 0 Å². The SMILES string of the molecule is CCCNC(=O)C(C)N1CCCCC1CO. The molecular weight excluding hydrogens is 204 g/mol. The molecule has 16 heavy (non-hydrogen) atoms.